The highest BCUT2D eigenvalue weighted by Crippen LogP contribution is 2.15. The molecule has 30 heavy (non-hydrogen) atoms. The normalized spacial score (nSPS) is 12.4. The molecule has 0 aliphatic carbocycles. The molecule has 0 aliphatic heterocycles. The molecule has 0 fully saturated rings. The zero-order chi connectivity index (χ0) is 21.4. The molecule has 1 heterocycles. The van der Waals surface area contributed by atoms with Gasteiger partial charge in [-0.25, -0.2) is 13.4 Å². The molecule has 1 amide bonds. The van der Waals surface area contributed by atoms with Gasteiger partial charge in [-0.1, -0.05) is 46.3 Å². The maximum absolute atomic E-state index is 12.8. The Hall–Kier alpha value is -2.49. The monoisotopic (exact) mass is 490 g/mol. The van der Waals surface area contributed by atoms with Crippen LogP contribution in [0.25, 0.3) is 0 Å². The number of sulfonamides is 1. The Labute approximate surface area is 184 Å². The van der Waals surface area contributed by atoms with Gasteiger partial charge in [0, 0.05) is 30.0 Å². The summed E-state index contributed by atoms with van der Waals surface area (Å²) in [4.78, 5) is 16.9. The van der Waals surface area contributed by atoms with E-state index in [-0.39, 0.29) is 17.2 Å². The zero-order valence-electron chi connectivity index (χ0n) is 16.2. The third-order valence-electron chi connectivity index (χ3n) is 4.47. The average Bonchev–Trinajstić information content (AvgIpc) is 3.25. The van der Waals surface area contributed by atoms with Crippen molar-refractivity contribution >= 4 is 31.9 Å². The van der Waals surface area contributed by atoms with Gasteiger partial charge < -0.3 is 9.88 Å². The van der Waals surface area contributed by atoms with E-state index in [1.54, 1.807) is 24.7 Å². The van der Waals surface area contributed by atoms with E-state index in [0.717, 1.165) is 10.0 Å². The van der Waals surface area contributed by atoms with Crippen LogP contribution in [0.5, 0.6) is 0 Å². The number of imidazole rings is 1. The van der Waals surface area contributed by atoms with E-state index in [0.29, 0.717) is 19.5 Å². The lowest BCUT2D eigenvalue weighted by Gasteiger charge is -2.19. The highest BCUT2D eigenvalue weighted by Gasteiger charge is 2.26. The molecular weight excluding hydrogens is 468 g/mol. The minimum Gasteiger partial charge on any atom is -0.355 e. The van der Waals surface area contributed by atoms with E-state index in [1.165, 1.54) is 12.1 Å². The summed E-state index contributed by atoms with van der Waals surface area (Å²) in [5.74, 6) is -0.356. The molecule has 2 aromatic carbocycles. The molecule has 3 aromatic rings. The van der Waals surface area contributed by atoms with E-state index in [1.807, 2.05) is 41.1 Å². The summed E-state index contributed by atoms with van der Waals surface area (Å²) in [7, 11) is -3.85. The zero-order valence-corrected chi connectivity index (χ0v) is 18.6. The largest absolute Gasteiger partial charge is 0.355 e. The van der Waals surface area contributed by atoms with Crippen molar-refractivity contribution in [1.82, 2.24) is 19.6 Å². The first kappa shape index (κ1) is 22.2. The second-order valence-electron chi connectivity index (χ2n) is 6.76. The third kappa shape index (κ3) is 6.51. The molecule has 7 nitrogen and oxygen atoms in total. The summed E-state index contributed by atoms with van der Waals surface area (Å²) < 4.78 is 30.9. The molecular formula is C21H23BrN4O3S. The summed E-state index contributed by atoms with van der Waals surface area (Å²) in [5.41, 5.74) is 0.870. The van der Waals surface area contributed by atoms with Crippen LogP contribution in [0, 0.1) is 0 Å². The Bertz CT molecular complexity index is 1040. The molecule has 9 heteroatoms. The Morgan fingerprint density at radius 1 is 1.10 bits per heavy atom. The Balaban J connectivity index is 1.67. The van der Waals surface area contributed by atoms with Gasteiger partial charge in [0.25, 0.3) is 0 Å². The van der Waals surface area contributed by atoms with Gasteiger partial charge in [-0.3, -0.25) is 4.79 Å². The number of rotatable bonds is 10. The van der Waals surface area contributed by atoms with Gasteiger partial charge in [-0.2, -0.15) is 4.72 Å². The molecule has 2 N–H and O–H groups in total. The van der Waals surface area contributed by atoms with Crippen molar-refractivity contribution in [3.8, 4) is 0 Å². The first-order valence-corrected chi connectivity index (χ1v) is 11.8. The first-order chi connectivity index (χ1) is 14.4. The van der Waals surface area contributed by atoms with E-state index in [4.69, 9.17) is 0 Å². The molecule has 0 radical (unpaired) electrons. The summed E-state index contributed by atoms with van der Waals surface area (Å²) in [5, 5.41) is 2.84. The van der Waals surface area contributed by atoms with Crippen molar-refractivity contribution in [2.45, 2.75) is 30.3 Å². The van der Waals surface area contributed by atoms with Crippen molar-refractivity contribution in [3.63, 3.8) is 0 Å². The lowest BCUT2D eigenvalue weighted by Crippen LogP contribution is -2.48. The van der Waals surface area contributed by atoms with Gasteiger partial charge in [0.2, 0.25) is 15.9 Å². The maximum Gasteiger partial charge on any atom is 0.241 e. The van der Waals surface area contributed by atoms with Crippen molar-refractivity contribution in [3.05, 3.63) is 83.4 Å². The lowest BCUT2D eigenvalue weighted by molar-refractivity contribution is -0.122. The number of amides is 1. The van der Waals surface area contributed by atoms with E-state index in [2.05, 4.69) is 31.0 Å². The Morgan fingerprint density at radius 3 is 2.50 bits per heavy atom. The van der Waals surface area contributed by atoms with E-state index in [9.17, 15) is 13.2 Å². The van der Waals surface area contributed by atoms with Crippen molar-refractivity contribution in [2.24, 2.45) is 0 Å². The quantitative estimate of drug-likeness (QED) is 0.427. The van der Waals surface area contributed by atoms with Gasteiger partial charge in [-0.15, -0.1) is 0 Å². The molecule has 1 aromatic heterocycles. The molecule has 0 unspecified atom stereocenters. The van der Waals surface area contributed by atoms with Gasteiger partial charge >= 0.3 is 0 Å². The van der Waals surface area contributed by atoms with Crippen molar-refractivity contribution in [1.29, 1.82) is 0 Å². The number of hydrogen-bond donors (Lipinski definition) is 2. The van der Waals surface area contributed by atoms with Gasteiger partial charge in [0.15, 0.2) is 0 Å². The van der Waals surface area contributed by atoms with Gasteiger partial charge in [0.1, 0.15) is 6.04 Å². The Morgan fingerprint density at radius 2 is 1.83 bits per heavy atom. The second-order valence-corrected chi connectivity index (χ2v) is 9.39. The summed E-state index contributed by atoms with van der Waals surface area (Å²) in [6.45, 7) is 1.15. The third-order valence-corrected chi connectivity index (χ3v) is 6.49. The number of carbonyl (C=O) groups is 1. The number of nitrogens with one attached hydrogen (secondary N) is 2. The molecule has 0 spiro atoms. The molecule has 3 rings (SSSR count). The number of halogens is 1. The highest BCUT2D eigenvalue weighted by atomic mass is 79.9. The molecule has 1 atom stereocenters. The van der Waals surface area contributed by atoms with Crippen LogP contribution < -0.4 is 10.0 Å². The summed E-state index contributed by atoms with van der Waals surface area (Å²) in [6, 6.07) is 14.7. The van der Waals surface area contributed by atoms with E-state index >= 15 is 0 Å². The van der Waals surface area contributed by atoms with E-state index < -0.39 is 16.1 Å². The molecule has 0 saturated heterocycles. The maximum atomic E-state index is 12.8. The van der Waals surface area contributed by atoms with Gasteiger partial charge in [0.05, 0.1) is 11.2 Å². The number of nitrogens with zero attached hydrogens (tertiary/aromatic N) is 2. The predicted molar refractivity (Wildman–Crippen MR) is 118 cm³/mol. The van der Waals surface area contributed by atoms with Crippen LogP contribution in [0.15, 0.2) is 82.7 Å². The fraction of sp³-hybridized carbons (Fsp3) is 0.238. The minimum atomic E-state index is -3.85. The van der Waals surface area contributed by atoms with Crippen LogP contribution in [-0.4, -0.2) is 36.5 Å². The summed E-state index contributed by atoms with van der Waals surface area (Å²) >= 11 is 3.30. The fourth-order valence-electron chi connectivity index (χ4n) is 2.92. The number of hydrogen-bond acceptors (Lipinski definition) is 4. The number of aromatic nitrogens is 2. The molecule has 158 valence electrons. The van der Waals surface area contributed by atoms with Gasteiger partial charge in [-0.05, 0) is 42.7 Å². The fourth-order valence-corrected chi connectivity index (χ4v) is 4.38. The highest BCUT2D eigenvalue weighted by molar-refractivity contribution is 9.10. The van der Waals surface area contributed by atoms with Crippen LogP contribution in [0.2, 0.25) is 0 Å². The molecule has 0 saturated carbocycles. The topological polar surface area (TPSA) is 93.1 Å². The minimum absolute atomic E-state index is 0.108. The van der Waals surface area contributed by atoms with Crippen molar-refractivity contribution in [2.75, 3.05) is 6.54 Å². The molecule has 0 bridgehead atoms. The number of aryl methyl sites for hydroxylation is 1. The van der Waals surface area contributed by atoms with Crippen LogP contribution in [-0.2, 0) is 27.8 Å². The molecule has 0 aliphatic rings. The second kappa shape index (κ2) is 10.5. The smallest absolute Gasteiger partial charge is 0.241 e. The number of benzene rings is 2. The first-order valence-electron chi connectivity index (χ1n) is 9.49. The number of carbonyl (C=O) groups excluding carboxylic acids is 1. The van der Waals surface area contributed by atoms with Crippen LogP contribution in [0.1, 0.15) is 12.0 Å². The van der Waals surface area contributed by atoms with Crippen LogP contribution in [0.3, 0.4) is 0 Å². The predicted octanol–water partition coefficient (Wildman–Crippen LogP) is 2.74. The van der Waals surface area contributed by atoms with Crippen LogP contribution in [0.4, 0.5) is 0 Å². The van der Waals surface area contributed by atoms with Crippen LogP contribution >= 0.6 is 15.9 Å². The Kier molecular flexibility index (Phi) is 7.78. The lowest BCUT2D eigenvalue weighted by atomic mass is 10.1. The SMILES string of the molecule is O=C(NCCCn1ccnc1)[C@@H](Cc1ccccc1)NS(=O)(=O)c1ccc(Br)cc1. The average molecular weight is 491 g/mol. The summed E-state index contributed by atoms with van der Waals surface area (Å²) in [6.07, 6.45) is 6.23. The van der Waals surface area contributed by atoms with Crippen molar-refractivity contribution < 1.29 is 13.2 Å². The standard InChI is InChI=1S/C21H23BrN4O3S/c22-18-7-9-19(10-8-18)30(28,29)25-20(15-17-5-2-1-3-6-17)21(27)24-11-4-13-26-14-12-23-16-26/h1-3,5-10,12,14,16,20,25H,4,11,13,15H2,(H,24,27)/t20-/m1/s1.